The molecule has 1 aromatic heterocycles. The van der Waals surface area contributed by atoms with Crippen molar-refractivity contribution >= 4 is 40.5 Å². The summed E-state index contributed by atoms with van der Waals surface area (Å²) in [6.45, 7) is 0.799. The minimum atomic E-state index is -1.16. The molecule has 3 aromatic rings. The predicted molar refractivity (Wildman–Crippen MR) is 137 cm³/mol. The number of aliphatic hydroxyl groups is 2. The summed E-state index contributed by atoms with van der Waals surface area (Å²) in [6.07, 6.45) is -0.377. The Morgan fingerprint density at radius 3 is 2.65 bits per heavy atom. The molecule has 0 unspecified atom stereocenters. The van der Waals surface area contributed by atoms with Gasteiger partial charge < -0.3 is 25.2 Å². The van der Waals surface area contributed by atoms with Gasteiger partial charge in [-0.1, -0.05) is 48.2 Å². The van der Waals surface area contributed by atoms with E-state index in [1.54, 1.807) is 19.2 Å². The van der Waals surface area contributed by atoms with Gasteiger partial charge in [-0.3, -0.25) is 5.32 Å². The number of nitrogens with one attached hydrogen (secondary N) is 2. The lowest BCUT2D eigenvalue weighted by Gasteiger charge is -2.39. The number of amides is 3. The van der Waals surface area contributed by atoms with Gasteiger partial charge in [-0.15, -0.1) is 0 Å². The minimum Gasteiger partial charge on any atom is -0.438 e. The molecule has 37 heavy (non-hydrogen) atoms. The zero-order valence-electron chi connectivity index (χ0n) is 20.3. The third kappa shape index (κ3) is 7.51. The lowest BCUT2D eigenvalue weighted by Crippen LogP contribution is -2.51. The summed E-state index contributed by atoms with van der Waals surface area (Å²) < 4.78 is 32.6. The zero-order chi connectivity index (χ0) is 27.0. The van der Waals surface area contributed by atoms with Crippen LogP contribution in [0.4, 0.5) is 24.2 Å². The van der Waals surface area contributed by atoms with Gasteiger partial charge >= 0.3 is 12.1 Å². The molecule has 2 aromatic carbocycles. The van der Waals surface area contributed by atoms with Gasteiger partial charge in [0.05, 0.1) is 17.6 Å². The van der Waals surface area contributed by atoms with Crippen molar-refractivity contribution < 1.29 is 33.3 Å². The largest absolute Gasteiger partial charge is 0.438 e. The number of aromatic nitrogens is 1. The standard InChI is InChI=1S/C25H28F2N4O5S/c1-25(11-19(33)14-32,31(2)23(34)29-13-18-8-5-9-20(26)22(18)27)37-15-36-24(35)30-21-10-16-6-3-4-7-17(16)12-28-21/h3-10,12,19,32-33H,11,13-15H2,1-2H3,(H,29,34)(H,28,30,35)/t19-,25-/m0/s1. The number of ether oxygens (including phenoxy) is 1. The molecule has 0 aliphatic heterocycles. The molecule has 198 valence electrons. The Kier molecular flexibility index (Phi) is 9.61. The highest BCUT2D eigenvalue weighted by molar-refractivity contribution is 8.00. The Hall–Kier alpha value is -3.48. The van der Waals surface area contributed by atoms with E-state index in [2.05, 4.69) is 15.6 Å². The molecule has 0 radical (unpaired) electrons. The van der Waals surface area contributed by atoms with E-state index in [0.717, 1.165) is 28.6 Å². The van der Waals surface area contributed by atoms with Gasteiger partial charge in [0.1, 0.15) is 11.8 Å². The Labute approximate surface area is 216 Å². The van der Waals surface area contributed by atoms with Crippen molar-refractivity contribution in [3.8, 4) is 0 Å². The number of halogens is 2. The molecule has 0 aliphatic rings. The molecule has 1 heterocycles. The van der Waals surface area contributed by atoms with Gasteiger partial charge in [0.15, 0.2) is 11.6 Å². The van der Waals surface area contributed by atoms with Crippen LogP contribution in [0.3, 0.4) is 0 Å². The van der Waals surface area contributed by atoms with Crippen LogP contribution in [0.15, 0.2) is 54.7 Å². The van der Waals surface area contributed by atoms with Crippen LogP contribution in [0.2, 0.25) is 0 Å². The maximum atomic E-state index is 13.9. The summed E-state index contributed by atoms with van der Waals surface area (Å²) in [7, 11) is 1.44. The maximum absolute atomic E-state index is 13.9. The Morgan fingerprint density at radius 1 is 1.19 bits per heavy atom. The molecule has 12 heteroatoms. The smallest absolute Gasteiger partial charge is 0.413 e. The van der Waals surface area contributed by atoms with E-state index < -0.39 is 41.3 Å². The number of urea groups is 1. The first-order valence-corrected chi connectivity index (χ1v) is 12.3. The molecule has 2 atom stereocenters. The Bertz CT molecular complexity index is 1250. The number of anilines is 1. The first-order chi connectivity index (χ1) is 17.6. The molecule has 3 amide bonds. The van der Waals surface area contributed by atoms with Gasteiger partial charge in [-0.2, -0.15) is 0 Å². The predicted octanol–water partition coefficient (Wildman–Crippen LogP) is 4.05. The van der Waals surface area contributed by atoms with Gasteiger partial charge in [-0.25, -0.2) is 23.4 Å². The van der Waals surface area contributed by atoms with E-state index in [4.69, 9.17) is 4.74 Å². The molecule has 3 rings (SSSR count). The number of hydrogen-bond acceptors (Lipinski definition) is 7. The number of rotatable bonds is 10. The van der Waals surface area contributed by atoms with Crippen LogP contribution in [0.5, 0.6) is 0 Å². The van der Waals surface area contributed by atoms with Crippen LogP contribution in [-0.2, 0) is 11.3 Å². The van der Waals surface area contributed by atoms with Gasteiger partial charge in [-0.05, 0) is 24.4 Å². The number of benzene rings is 2. The molecule has 0 aliphatic carbocycles. The molecule has 9 nitrogen and oxygen atoms in total. The number of aliphatic hydroxyl groups excluding tert-OH is 2. The van der Waals surface area contributed by atoms with Crippen LogP contribution in [0.25, 0.3) is 10.8 Å². The first-order valence-electron chi connectivity index (χ1n) is 11.3. The van der Waals surface area contributed by atoms with E-state index in [0.29, 0.717) is 5.82 Å². The fraction of sp³-hybridized carbons (Fsp3) is 0.320. The van der Waals surface area contributed by atoms with Crippen LogP contribution in [0, 0.1) is 11.6 Å². The van der Waals surface area contributed by atoms with Crippen LogP contribution in [0.1, 0.15) is 18.9 Å². The van der Waals surface area contributed by atoms with E-state index in [9.17, 15) is 28.6 Å². The second-order valence-electron chi connectivity index (χ2n) is 8.38. The van der Waals surface area contributed by atoms with Gasteiger partial charge in [0, 0.05) is 37.2 Å². The topological polar surface area (TPSA) is 124 Å². The fourth-order valence-corrected chi connectivity index (χ4v) is 4.49. The highest BCUT2D eigenvalue weighted by Gasteiger charge is 2.36. The van der Waals surface area contributed by atoms with E-state index in [-0.39, 0.29) is 24.5 Å². The summed E-state index contributed by atoms with van der Waals surface area (Å²) >= 11 is 1.03. The lowest BCUT2D eigenvalue weighted by molar-refractivity contribution is 0.0623. The first kappa shape index (κ1) is 28.1. The van der Waals surface area contributed by atoms with Crippen molar-refractivity contribution in [2.45, 2.75) is 30.9 Å². The number of hydrogen-bond donors (Lipinski definition) is 4. The van der Waals surface area contributed by atoms with Crippen LogP contribution < -0.4 is 10.6 Å². The summed E-state index contributed by atoms with van der Waals surface area (Å²) in [5.74, 6) is -1.99. The molecule has 0 saturated carbocycles. The van der Waals surface area contributed by atoms with Crippen molar-refractivity contribution in [2.75, 3.05) is 24.9 Å². The van der Waals surface area contributed by atoms with E-state index >= 15 is 0 Å². The highest BCUT2D eigenvalue weighted by Crippen LogP contribution is 2.33. The molecule has 0 bridgehead atoms. The summed E-state index contributed by atoms with van der Waals surface area (Å²) in [6, 6.07) is 12.2. The molecular formula is C25H28F2N4O5S. The third-order valence-electron chi connectivity index (χ3n) is 5.72. The SMILES string of the molecule is CN(C(=O)NCc1cccc(F)c1F)[C@](C)(C[C@H](O)CO)SCOC(=O)Nc1cc2ccccc2cn1. The molecule has 4 N–H and O–H groups in total. The highest BCUT2D eigenvalue weighted by atomic mass is 32.2. The lowest BCUT2D eigenvalue weighted by atomic mass is 10.1. The normalized spacial score (nSPS) is 13.5. The summed E-state index contributed by atoms with van der Waals surface area (Å²) in [4.78, 5) is 29.4. The molecule has 0 fully saturated rings. The second-order valence-corrected chi connectivity index (χ2v) is 9.79. The average Bonchev–Trinajstić information content (AvgIpc) is 2.88. The fourth-order valence-electron chi connectivity index (χ4n) is 3.49. The number of fused-ring (bicyclic) bond motifs is 1. The third-order valence-corrected chi connectivity index (χ3v) is 7.02. The average molecular weight is 535 g/mol. The number of nitrogens with zero attached hydrogens (tertiary/aromatic N) is 2. The molecule has 0 saturated heterocycles. The number of pyridine rings is 1. The number of carbonyl (C=O) groups is 2. The monoisotopic (exact) mass is 534 g/mol. The quantitative estimate of drug-likeness (QED) is 0.289. The molecule has 0 spiro atoms. The van der Waals surface area contributed by atoms with Crippen molar-refractivity contribution in [3.05, 3.63) is 71.9 Å². The van der Waals surface area contributed by atoms with E-state index in [1.807, 2.05) is 24.3 Å². The number of thioether (sulfide) groups is 1. The van der Waals surface area contributed by atoms with Crippen LogP contribution in [-0.4, -0.2) is 62.8 Å². The van der Waals surface area contributed by atoms with Crippen LogP contribution >= 0.6 is 11.8 Å². The van der Waals surface area contributed by atoms with E-state index in [1.165, 1.54) is 24.1 Å². The number of carbonyl (C=O) groups excluding carboxylic acids is 2. The van der Waals surface area contributed by atoms with Gasteiger partial charge in [0.25, 0.3) is 0 Å². The van der Waals surface area contributed by atoms with Crippen molar-refractivity contribution in [2.24, 2.45) is 0 Å². The van der Waals surface area contributed by atoms with Gasteiger partial charge in [0.2, 0.25) is 0 Å². The summed E-state index contributed by atoms with van der Waals surface area (Å²) in [5.41, 5.74) is -0.0335. The second kappa shape index (κ2) is 12.7. The van der Waals surface area contributed by atoms with Crippen molar-refractivity contribution in [3.63, 3.8) is 0 Å². The maximum Gasteiger partial charge on any atom is 0.413 e. The zero-order valence-corrected chi connectivity index (χ0v) is 21.1. The minimum absolute atomic E-state index is 0.0335. The Balaban J connectivity index is 1.59. The van der Waals surface area contributed by atoms with Crippen molar-refractivity contribution in [1.82, 2.24) is 15.2 Å². The summed E-state index contributed by atoms with van der Waals surface area (Å²) in [5, 5.41) is 26.2. The molecular weight excluding hydrogens is 506 g/mol. The van der Waals surface area contributed by atoms with Crippen molar-refractivity contribution in [1.29, 1.82) is 0 Å². The Morgan fingerprint density at radius 2 is 1.92 bits per heavy atom.